The molecule has 5 nitrogen and oxygen atoms in total. The predicted octanol–water partition coefficient (Wildman–Crippen LogP) is 8.08. The fourth-order valence-corrected chi connectivity index (χ4v) is 5.75. The topological polar surface area (TPSA) is 46.3 Å². The van der Waals surface area contributed by atoms with E-state index in [1.165, 1.54) is 6.42 Å². The second-order valence-corrected chi connectivity index (χ2v) is 10.9. The van der Waals surface area contributed by atoms with Crippen LogP contribution in [0, 0.1) is 19.4 Å². The molecule has 0 aliphatic carbocycles. The molecule has 196 valence electrons. The number of hydrogen-bond donors (Lipinski definition) is 1. The van der Waals surface area contributed by atoms with Gasteiger partial charge in [-0.3, -0.25) is 4.90 Å². The number of phenolic OH excluding ortho intramolecular Hbond substituents is 1. The zero-order valence-corrected chi connectivity index (χ0v) is 23.0. The van der Waals surface area contributed by atoms with Gasteiger partial charge in [-0.15, -0.1) is 0 Å². The Morgan fingerprint density at radius 3 is 2.61 bits per heavy atom. The number of aryl methyl sites for hydroxylation is 1. The van der Waals surface area contributed by atoms with Crippen LogP contribution in [0.25, 0.3) is 16.0 Å². The molecule has 2 aliphatic heterocycles. The van der Waals surface area contributed by atoms with E-state index < -0.39 is 6.10 Å². The van der Waals surface area contributed by atoms with Crippen molar-refractivity contribution in [2.75, 3.05) is 19.7 Å². The highest BCUT2D eigenvalue weighted by Gasteiger charge is 2.32. The summed E-state index contributed by atoms with van der Waals surface area (Å²) in [7, 11) is 0. The molecule has 0 aromatic heterocycles. The Bertz CT molecular complexity index is 1420. The summed E-state index contributed by atoms with van der Waals surface area (Å²) in [6.07, 6.45) is 0.779. The Morgan fingerprint density at radius 2 is 1.92 bits per heavy atom. The lowest BCUT2D eigenvalue weighted by Crippen LogP contribution is -2.35. The van der Waals surface area contributed by atoms with E-state index in [9.17, 15) is 5.11 Å². The molecule has 38 heavy (non-hydrogen) atoms. The van der Waals surface area contributed by atoms with Gasteiger partial charge >= 0.3 is 0 Å². The van der Waals surface area contributed by atoms with Crippen LogP contribution in [0.2, 0.25) is 5.02 Å². The summed E-state index contributed by atoms with van der Waals surface area (Å²) in [4.78, 5) is 6.30. The van der Waals surface area contributed by atoms with Crippen LogP contribution in [0.5, 0.6) is 17.2 Å². The number of likely N-dealkylation sites (tertiary alicyclic amines) is 1. The highest BCUT2D eigenvalue weighted by molar-refractivity contribution is 6.33. The molecule has 6 heteroatoms. The molecule has 0 radical (unpaired) electrons. The molecule has 0 spiro atoms. The van der Waals surface area contributed by atoms with Gasteiger partial charge in [-0.05, 0) is 92.8 Å². The molecular formula is C32H33ClN2O3. The smallest absolute Gasteiger partial charge is 0.201 e. The van der Waals surface area contributed by atoms with Crippen LogP contribution in [-0.2, 0) is 0 Å². The predicted molar refractivity (Wildman–Crippen MR) is 153 cm³/mol. The van der Waals surface area contributed by atoms with Crippen LogP contribution in [0.15, 0.2) is 54.6 Å². The largest absolute Gasteiger partial charge is 0.508 e. The summed E-state index contributed by atoms with van der Waals surface area (Å²) < 4.78 is 12.7. The number of hydrogen-bond acceptors (Lipinski definition) is 4. The van der Waals surface area contributed by atoms with Crippen molar-refractivity contribution in [3.05, 3.63) is 93.3 Å². The Kier molecular flexibility index (Phi) is 7.38. The zero-order chi connectivity index (χ0) is 27.0. The van der Waals surface area contributed by atoms with Crippen molar-refractivity contribution in [2.24, 2.45) is 5.92 Å². The van der Waals surface area contributed by atoms with Crippen LogP contribution in [0.3, 0.4) is 0 Å². The van der Waals surface area contributed by atoms with Gasteiger partial charge in [0.15, 0.2) is 0 Å². The summed E-state index contributed by atoms with van der Waals surface area (Å²) in [6.45, 7) is 19.1. The molecule has 3 atom stereocenters. The van der Waals surface area contributed by atoms with E-state index in [2.05, 4.69) is 23.6 Å². The van der Waals surface area contributed by atoms with Crippen molar-refractivity contribution >= 4 is 28.4 Å². The Morgan fingerprint density at radius 1 is 1.16 bits per heavy atom. The second-order valence-electron chi connectivity index (χ2n) is 10.5. The highest BCUT2D eigenvalue weighted by Crippen LogP contribution is 2.51. The van der Waals surface area contributed by atoms with E-state index in [0.29, 0.717) is 34.7 Å². The Hall–Kier alpha value is -3.46. The van der Waals surface area contributed by atoms with Crippen molar-refractivity contribution < 1.29 is 14.6 Å². The van der Waals surface area contributed by atoms with Crippen molar-refractivity contribution in [1.29, 1.82) is 0 Å². The molecule has 1 unspecified atom stereocenters. The first kappa shape index (κ1) is 26.2. The summed E-state index contributed by atoms with van der Waals surface area (Å²) in [5.74, 6) is 2.35. The van der Waals surface area contributed by atoms with Crippen LogP contribution in [-0.4, -0.2) is 35.7 Å². The average molecular weight is 529 g/mol. The number of benzene rings is 3. The molecule has 1 N–H and O–H groups in total. The third-order valence-electron chi connectivity index (χ3n) is 7.73. The first-order valence-corrected chi connectivity index (χ1v) is 13.5. The normalized spacial score (nSPS) is 20.0. The van der Waals surface area contributed by atoms with E-state index in [1.807, 2.05) is 50.2 Å². The van der Waals surface area contributed by atoms with E-state index in [0.717, 1.165) is 52.6 Å². The molecule has 1 saturated heterocycles. The molecule has 3 aromatic rings. The first-order valence-electron chi connectivity index (χ1n) is 13.1. The highest BCUT2D eigenvalue weighted by atomic mass is 35.5. The Balaban J connectivity index is 1.48. The molecular weight excluding hydrogens is 496 g/mol. The lowest BCUT2D eigenvalue weighted by Gasteiger charge is -2.32. The lowest BCUT2D eigenvalue weighted by atomic mass is 9.85. The summed E-state index contributed by atoms with van der Waals surface area (Å²) in [5.41, 5.74) is 5.59. The van der Waals surface area contributed by atoms with Gasteiger partial charge in [0.2, 0.25) is 5.69 Å². The van der Waals surface area contributed by atoms with Crippen LogP contribution >= 0.6 is 11.6 Å². The molecule has 0 amide bonds. The number of ether oxygens (including phenoxy) is 2. The molecule has 2 aliphatic rings. The fourth-order valence-electron chi connectivity index (χ4n) is 5.53. The van der Waals surface area contributed by atoms with Crippen LogP contribution in [0.1, 0.15) is 55.5 Å². The number of halogens is 1. The SMILES string of the molecule is [C-]#[N+]c1c(C)ccc2c1C(C)=C(c1cc(O)ccc1Cl)C(c1ccc(OC[C@H](C)N3CC[C@@H](C)C3)cc1)O2. The quantitative estimate of drug-likeness (QED) is 0.328. The van der Waals surface area contributed by atoms with Gasteiger partial charge in [0.1, 0.15) is 30.0 Å². The number of rotatable bonds is 6. The van der Waals surface area contributed by atoms with E-state index in [1.54, 1.807) is 18.2 Å². The maximum atomic E-state index is 10.3. The zero-order valence-electron chi connectivity index (χ0n) is 22.3. The minimum absolute atomic E-state index is 0.120. The van der Waals surface area contributed by atoms with Crippen molar-refractivity contribution in [1.82, 2.24) is 4.90 Å². The van der Waals surface area contributed by atoms with Gasteiger partial charge in [-0.2, -0.15) is 0 Å². The second kappa shape index (κ2) is 10.7. The molecule has 0 saturated carbocycles. The third kappa shape index (κ3) is 4.99. The number of phenols is 1. The van der Waals surface area contributed by atoms with Crippen LogP contribution in [0.4, 0.5) is 5.69 Å². The maximum Gasteiger partial charge on any atom is 0.201 e. The standard InChI is InChI=1S/C32H33ClN2O3/c1-19-14-15-35(17-19)21(3)18-37-25-10-7-23(8-11-25)32-29(26-16-24(36)9-12-27(26)33)22(4)30-28(38-32)13-6-20(2)31(30)34-5/h6-13,16,19,21,32,36H,14-15,17-18H2,1-4H3/t19-,21+,32?/m1/s1. The first-order chi connectivity index (χ1) is 18.3. The molecule has 5 rings (SSSR count). The van der Waals surface area contributed by atoms with Crippen molar-refractivity contribution in [3.8, 4) is 17.2 Å². The van der Waals surface area contributed by atoms with Gasteiger partial charge in [-0.25, -0.2) is 4.85 Å². The monoisotopic (exact) mass is 528 g/mol. The lowest BCUT2D eigenvalue weighted by molar-refractivity contribution is 0.169. The molecule has 0 bridgehead atoms. The van der Waals surface area contributed by atoms with Gasteiger partial charge in [0.25, 0.3) is 0 Å². The van der Waals surface area contributed by atoms with Crippen molar-refractivity contribution in [2.45, 2.75) is 46.3 Å². The summed E-state index contributed by atoms with van der Waals surface area (Å²) in [6, 6.07) is 17.1. The van der Waals surface area contributed by atoms with Gasteiger partial charge in [0, 0.05) is 34.3 Å². The van der Waals surface area contributed by atoms with Crippen LogP contribution < -0.4 is 9.47 Å². The van der Waals surface area contributed by atoms with E-state index in [-0.39, 0.29) is 5.75 Å². The van der Waals surface area contributed by atoms with Crippen molar-refractivity contribution in [3.63, 3.8) is 0 Å². The molecule has 3 aromatic carbocycles. The minimum atomic E-state index is -0.470. The fraction of sp³-hybridized carbons (Fsp3) is 0.344. The Labute approximate surface area is 230 Å². The van der Waals surface area contributed by atoms with Gasteiger partial charge in [-0.1, -0.05) is 36.7 Å². The number of aromatic hydroxyl groups is 1. The van der Waals surface area contributed by atoms with Gasteiger partial charge < -0.3 is 14.6 Å². The average Bonchev–Trinajstić information content (AvgIpc) is 3.35. The molecule has 1 fully saturated rings. The number of fused-ring (bicyclic) bond motifs is 1. The number of nitrogens with zero attached hydrogens (tertiary/aromatic N) is 2. The minimum Gasteiger partial charge on any atom is -0.508 e. The molecule has 2 heterocycles. The van der Waals surface area contributed by atoms with E-state index in [4.69, 9.17) is 27.6 Å². The maximum absolute atomic E-state index is 10.3. The van der Waals surface area contributed by atoms with E-state index >= 15 is 0 Å². The number of allylic oxidation sites excluding steroid dienone is 1. The summed E-state index contributed by atoms with van der Waals surface area (Å²) >= 11 is 6.65. The summed E-state index contributed by atoms with van der Waals surface area (Å²) in [5, 5.41) is 10.8. The third-order valence-corrected chi connectivity index (χ3v) is 8.06. The van der Waals surface area contributed by atoms with Gasteiger partial charge in [0.05, 0.1) is 6.57 Å².